The zero-order valence-corrected chi connectivity index (χ0v) is 14.5. The molecule has 0 spiro atoms. The van der Waals surface area contributed by atoms with Crippen molar-refractivity contribution >= 4 is 18.3 Å². The Kier molecular flexibility index (Phi) is 7.35. The normalized spacial score (nSPS) is 12.8. The first-order valence-electron chi connectivity index (χ1n) is 7.34. The SMILES string of the molecule is COCc1cc(CNC(=O)C(C)(N)c2ccccc2)ccc1F.Cl. The second-order valence-electron chi connectivity index (χ2n) is 5.61. The van der Waals surface area contributed by atoms with Gasteiger partial charge in [-0.2, -0.15) is 0 Å². The van der Waals surface area contributed by atoms with Crippen molar-refractivity contribution in [1.29, 1.82) is 0 Å². The molecule has 0 radical (unpaired) electrons. The van der Waals surface area contributed by atoms with E-state index in [1.54, 1.807) is 19.1 Å². The maximum atomic E-state index is 13.6. The summed E-state index contributed by atoms with van der Waals surface area (Å²) >= 11 is 0. The van der Waals surface area contributed by atoms with Crippen molar-refractivity contribution < 1.29 is 13.9 Å². The van der Waals surface area contributed by atoms with Crippen LogP contribution in [0.5, 0.6) is 0 Å². The molecule has 1 atom stereocenters. The minimum absolute atomic E-state index is 0. The van der Waals surface area contributed by atoms with Gasteiger partial charge in [-0.15, -0.1) is 12.4 Å². The molecule has 24 heavy (non-hydrogen) atoms. The van der Waals surface area contributed by atoms with Crippen LogP contribution in [-0.2, 0) is 28.2 Å². The minimum Gasteiger partial charge on any atom is -0.380 e. The number of carbonyl (C=O) groups excluding carboxylic acids is 1. The molecular weight excluding hydrogens is 331 g/mol. The highest BCUT2D eigenvalue weighted by molar-refractivity contribution is 5.87. The van der Waals surface area contributed by atoms with Crippen molar-refractivity contribution in [3.8, 4) is 0 Å². The first kappa shape index (κ1) is 20.1. The summed E-state index contributed by atoms with van der Waals surface area (Å²) in [7, 11) is 1.51. The Morgan fingerprint density at radius 3 is 2.54 bits per heavy atom. The molecular formula is C18H22ClFN2O2. The van der Waals surface area contributed by atoms with Crippen molar-refractivity contribution in [3.05, 3.63) is 71.0 Å². The number of nitrogens with one attached hydrogen (secondary N) is 1. The van der Waals surface area contributed by atoms with E-state index in [2.05, 4.69) is 5.32 Å². The zero-order chi connectivity index (χ0) is 16.9. The minimum atomic E-state index is -1.13. The van der Waals surface area contributed by atoms with Crippen molar-refractivity contribution in [3.63, 3.8) is 0 Å². The summed E-state index contributed by atoms with van der Waals surface area (Å²) in [5, 5.41) is 2.80. The maximum absolute atomic E-state index is 13.6. The lowest BCUT2D eigenvalue weighted by Gasteiger charge is -2.24. The lowest BCUT2D eigenvalue weighted by molar-refractivity contribution is -0.126. The highest BCUT2D eigenvalue weighted by atomic mass is 35.5. The van der Waals surface area contributed by atoms with Gasteiger partial charge in [0, 0.05) is 19.2 Å². The van der Waals surface area contributed by atoms with E-state index in [1.165, 1.54) is 13.2 Å². The molecule has 1 amide bonds. The van der Waals surface area contributed by atoms with Gasteiger partial charge in [-0.1, -0.05) is 36.4 Å². The first-order valence-corrected chi connectivity index (χ1v) is 7.34. The van der Waals surface area contributed by atoms with E-state index >= 15 is 0 Å². The molecule has 0 aromatic heterocycles. The Hall–Kier alpha value is -1.95. The highest BCUT2D eigenvalue weighted by Crippen LogP contribution is 2.18. The number of ether oxygens (including phenoxy) is 1. The first-order chi connectivity index (χ1) is 10.9. The van der Waals surface area contributed by atoms with E-state index < -0.39 is 5.54 Å². The monoisotopic (exact) mass is 352 g/mol. The zero-order valence-electron chi connectivity index (χ0n) is 13.7. The predicted octanol–water partition coefficient (Wildman–Crippen LogP) is 2.88. The van der Waals surface area contributed by atoms with Gasteiger partial charge < -0.3 is 15.8 Å². The smallest absolute Gasteiger partial charge is 0.244 e. The third-order valence-corrected chi connectivity index (χ3v) is 3.71. The van der Waals surface area contributed by atoms with E-state index in [4.69, 9.17) is 10.5 Å². The summed E-state index contributed by atoms with van der Waals surface area (Å²) in [5.41, 5.74) is 7.00. The van der Waals surface area contributed by atoms with E-state index in [1.807, 2.05) is 30.3 Å². The van der Waals surface area contributed by atoms with E-state index in [9.17, 15) is 9.18 Å². The fourth-order valence-electron chi connectivity index (χ4n) is 2.29. The fourth-order valence-corrected chi connectivity index (χ4v) is 2.29. The third-order valence-electron chi connectivity index (χ3n) is 3.71. The summed E-state index contributed by atoms with van der Waals surface area (Å²) in [6.45, 7) is 2.13. The third kappa shape index (κ3) is 4.77. The molecule has 6 heteroatoms. The molecule has 0 heterocycles. The molecule has 0 saturated heterocycles. The molecule has 4 nitrogen and oxygen atoms in total. The molecule has 0 aliphatic carbocycles. The Labute approximate surface area is 147 Å². The Bertz CT molecular complexity index is 678. The van der Waals surface area contributed by atoms with Crippen molar-refractivity contribution in [2.75, 3.05) is 7.11 Å². The van der Waals surface area contributed by atoms with Crippen LogP contribution in [0.25, 0.3) is 0 Å². The van der Waals surface area contributed by atoms with E-state index in [0.717, 1.165) is 11.1 Å². The number of hydrogen-bond acceptors (Lipinski definition) is 3. The Morgan fingerprint density at radius 2 is 1.92 bits per heavy atom. The van der Waals surface area contributed by atoms with Gasteiger partial charge in [0.05, 0.1) is 6.61 Å². The molecule has 0 aliphatic rings. The number of hydrogen-bond donors (Lipinski definition) is 2. The van der Waals surface area contributed by atoms with Crippen molar-refractivity contribution in [2.45, 2.75) is 25.6 Å². The standard InChI is InChI=1S/C18H21FN2O2.ClH/c1-18(20,15-6-4-3-5-7-15)17(22)21-11-13-8-9-16(19)14(10-13)12-23-2;/h3-10H,11-12,20H2,1-2H3,(H,21,22);1H. The van der Waals surface area contributed by atoms with Crippen LogP contribution in [0.4, 0.5) is 4.39 Å². The molecule has 130 valence electrons. The number of benzene rings is 2. The molecule has 2 rings (SSSR count). The van der Waals surface area contributed by atoms with E-state index in [-0.39, 0.29) is 37.3 Å². The van der Waals surface area contributed by atoms with Crippen LogP contribution in [0.3, 0.4) is 0 Å². The molecule has 0 fully saturated rings. The average Bonchev–Trinajstić information content (AvgIpc) is 2.56. The average molecular weight is 353 g/mol. The Balaban J connectivity index is 0.00000288. The number of rotatable bonds is 6. The fraction of sp³-hybridized carbons (Fsp3) is 0.278. The van der Waals surface area contributed by atoms with Gasteiger partial charge in [0.2, 0.25) is 5.91 Å². The summed E-state index contributed by atoms with van der Waals surface area (Å²) < 4.78 is 18.5. The lowest BCUT2D eigenvalue weighted by Crippen LogP contribution is -2.48. The molecule has 2 aromatic rings. The van der Waals surface area contributed by atoms with Crippen LogP contribution < -0.4 is 11.1 Å². The van der Waals surface area contributed by atoms with Gasteiger partial charge in [-0.3, -0.25) is 4.79 Å². The Morgan fingerprint density at radius 1 is 1.25 bits per heavy atom. The number of carbonyl (C=O) groups is 1. The molecule has 3 N–H and O–H groups in total. The maximum Gasteiger partial charge on any atom is 0.244 e. The lowest BCUT2D eigenvalue weighted by atomic mass is 9.92. The van der Waals surface area contributed by atoms with Crippen LogP contribution >= 0.6 is 12.4 Å². The van der Waals surface area contributed by atoms with E-state index in [0.29, 0.717) is 5.56 Å². The van der Waals surface area contributed by atoms with Crippen LogP contribution in [-0.4, -0.2) is 13.0 Å². The second-order valence-corrected chi connectivity index (χ2v) is 5.61. The van der Waals surface area contributed by atoms with Gasteiger partial charge in [0.15, 0.2) is 0 Å². The number of methoxy groups -OCH3 is 1. The van der Waals surface area contributed by atoms with Crippen LogP contribution in [0.2, 0.25) is 0 Å². The number of amides is 1. The molecule has 1 unspecified atom stereocenters. The van der Waals surface area contributed by atoms with Crippen molar-refractivity contribution in [1.82, 2.24) is 5.32 Å². The van der Waals surface area contributed by atoms with Crippen LogP contribution in [0.15, 0.2) is 48.5 Å². The van der Waals surface area contributed by atoms with Gasteiger partial charge in [0.1, 0.15) is 11.4 Å². The summed E-state index contributed by atoms with van der Waals surface area (Å²) in [4.78, 5) is 12.4. The molecule has 2 aromatic carbocycles. The molecule has 0 bridgehead atoms. The predicted molar refractivity (Wildman–Crippen MR) is 94.2 cm³/mol. The topological polar surface area (TPSA) is 64.3 Å². The van der Waals surface area contributed by atoms with Crippen molar-refractivity contribution in [2.24, 2.45) is 5.73 Å². The number of halogens is 2. The largest absolute Gasteiger partial charge is 0.380 e. The second kappa shape index (κ2) is 8.78. The van der Waals surface area contributed by atoms with Gasteiger partial charge in [0.25, 0.3) is 0 Å². The quantitative estimate of drug-likeness (QED) is 0.840. The highest BCUT2D eigenvalue weighted by Gasteiger charge is 2.29. The van der Waals surface area contributed by atoms with Crippen LogP contribution in [0, 0.1) is 5.82 Å². The van der Waals surface area contributed by atoms with Gasteiger partial charge >= 0.3 is 0 Å². The molecule has 0 aliphatic heterocycles. The summed E-state index contributed by atoms with van der Waals surface area (Å²) in [6.07, 6.45) is 0. The van der Waals surface area contributed by atoms with Gasteiger partial charge in [-0.25, -0.2) is 4.39 Å². The number of nitrogens with two attached hydrogens (primary N) is 1. The summed E-state index contributed by atoms with van der Waals surface area (Å²) in [5.74, 6) is -0.615. The van der Waals surface area contributed by atoms with Gasteiger partial charge in [-0.05, 0) is 30.2 Å². The summed E-state index contributed by atoms with van der Waals surface area (Å²) in [6, 6.07) is 13.8. The molecule has 0 saturated carbocycles. The van der Waals surface area contributed by atoms with Crippen LogP contribution in [0.1, 0.15) is 23.6 Å².